The molecule has 0 bridgehead atoms. The van der Waals surface area contributed by atoms with E-state index in [1.54, 1.807) is 29.3 Å². The molecule has 172 valence electrons. The highest BCUT2D eigenvalue weighted by atomic mass is 19.1. The lowest BCUT2D eigenvalue weighted by Gasteiger charge is -2.37. The molecule has 32 heavy (non-hydrogen) atoms. The number of rotatable bonds is 7. The highest BCUT2D eigenvalue weighted by Gasteiger charge is 2.34. The molecular weight excluding hydrogens is 409 g/mol. The average molecular weight is 442 g/mol. The predicted molar refractivity (Wildman–Crippen MR) is 123 cm³/mol. The second-order valence-electron chi connectivity index (χ2n) is 8.57. The number of halogens is 1. The molecule has 2 aromatic rings. The van der Waals surface area contributed by atoms with E-state index >= 15 is 0 Å². The van der Waals surface area contributed by atoms with Crippen LogP contribution < -0.4 is 4.74 Å². The van der Waals surface area contributed by atoms with Gasteiger partial charge in [-0.1, -0.05) is 31.2 Å². The Labute approximate surface area is 189 Å². The monoisotopic (exact) mass is 441 g/mol. The van der Waals surface area contributed by atoms with Gasteiger partial charge in [-0.15, -0.1) is 0 Å². The molecule has 0 radical (unpaired) electrons. The number of pyridine rings is 1. The lowest BCUT2D eigenvalue weighted by Crippen LogP contribution is -2.49. The van der Waals surface area contributed by atoms with Crippen molar-refractivity contribution in [2.24, 2.45) is 5.92 Å². The minimum absolute atomic E-state index is 0.00813. The summed E-state index contributed by atoms with van der Waals surface area (Å²) < 4.78 is 19.5. The summed E-state index contributed by atoms with van der Waals surface area (Å²) in [6.07, 6.45) is 5.25. The van der Waals surface area contributed by atoms with Crippen molar-refractivity contribution in [2.75, 3.05) is 26.7 Å². The molecule has 3 rings (SSSR count). The number of aliphatic hydroxyl groups is 1. The molecular formula is C25H32FN3O3. The Hall–Kier alpha value is -2.77. The molecule has 1 aromatic heterocycles. The summed E-state index contributed by atoms with van der Waals surface area (Å²) in [5.74, 6) is -0.125. The van der Waals surface area contributed by atoms with Crippen LogP contribution in [0.4, 0.5) is 4.39 Å². The van der Waals surface area contributed by atoms with E-state index in [0.717, 1.165) is 11.1 Å². The molecule has 1 aliphatic rings. The summed E-state index contributed by atoms with van der Waals surface area (Å²) >= 11 is 0. The maximum Gasteiger partial charge on any atom is 0.259 e. The first-order chi connectivity index (χ1) is 15.3. The molecule has 2 heterocycles. The minimum Gasteiger partial charge on any atom is -0.472 e. The number of carbonyl (C=O) groups excluding carboxylic acids is 1. The standard InChI is InChI=1S/C25H32FN3O3/c1-5-6-20-11-22-24(27-12-20)32-23(17(2)13-29(25(22)31)18(3)16-30)15-28(4)14-19-7-9-21(26)10-8-19/h5-12,17-18,23,30H,13-16H2,1-4H3/b6-5+/t17-,18+,23+/m0/s1. The largest absolute Gasteiger partial charge is 0.472 e. The maximum absolute atomic E-state index is 13.3. The number of aliphatic hydroxyl groups excluding tert-OH is 1. The van der Waals surface area contributed by atoms with Crippen molar-refractivity contribution in [1.82, 2.24) is 14.8 Å². The summed E-state index contributed by atoms with van der Waals surface area (Å²) in [7, 11) is 1.99. The van der Waals surface area contributed by atoms with Gasteiger partial charge < -0.3 is 14.7 Å². The molecule has 1 N–H and O–H groups in total. The van der Waals surface area contributed by atoms with Crippen LogP contribution in [-0.2, 0) is 6.54 Å². The van der Waals surface area contributed by atoms with Crippen molar-refractivity contribution in [3.63, 3.8) is 0 Å². The third-order valence-electron chi connectivity index (χ3n) is 5.76. The Morgan fingerprint density at radius 3 is 2.75 bits per heavy atom. The van der Waals surface area contributed by atoms with Crippen LogP contribution in [0.25, 0.3) is 6.08 Å². The van der Waals surface area contributed by atoms with E-state index in [4.69, 9.17) is 4.74 Å². The summed E-state index contributed by atoms with van der Waals surface area (Å²) in [6.45, 7) is 7.37. The number of allylic oxidation sites excluding steroid dienone is 1. The molecule has 0 aliphatic carbocycles. The summed E-state index contributed by atoms with van der Waals surface area (Å²) in [6, 6.07) is 7.94. The van der Waals surface area contributed by atoms with Crippen LogP contribution in [0.15, 0.2) is 42.6 Å². The number of likely N-dealkylation sites (N-methyl/N-ethyl adjacent to an activating group) is 1. The molecule has 0 spiro atoms. The number of aromatic nitrogens is 1. The zero-order valence-corrected chi connectivity index (χ0v) is 19.2. The van der Waals surface area contributed by atoms with Gasteiger partial charge >= 0.3 is 0 Å². The van der Waals surface area contributed by atoms with Crippen LogP contribution in [0.3, 0.4) is 0 Å². The molecule has 7 heteroatoms. The maximum atomic E-state index is 13.3. The van der Waals surface area contributed by atoms with E-state index < -0.39 is 0 Å². The van der Waals surface area contributed by atoms with Crippen LogP contribution in [0, 0.1) is 11.7 Å². The van der Waals surface area contributed by atoms with Crippen molar-refractivity contribution in [2.45, 2.75) is 39.5 Å². The molecule has 1 aliphatic heterocycles. The van der Waals surface area contributed by atoms with Gasteiger partial charge in [0.2, 0.25) is 5.88 Å². The number of carbonyl (C=O) groups is 1. The molecule has 3 atom stereocenters. The zero-order chi connectivity index (χ0) is 23.3. The minimum atomic E-state index is -0.320. The normalized spacial score (nSPS) is 20.1. The van der Waals surface area contributed by atoms with Gasteiger partial charge in [-0.2, -0.15) is 0 Å². The fraction of sp³-hybridized carbons (Fsp3) is 0.440. The van der Waals surface area contributed by atoms with Crippen LogP contribution in [0.1, 0.15) is 42.3 Å². The van der Waals surface area contributed by atoms with E-state index in [2.05, 4.69) is 9.88 Å². The van der Waals surface area contributed by atoms with Crippen LogP contribution in [0.2, 0.25) is 0 Å². The smallest absolute Gasteiger partial charge is 0.259 e. The van der Waals surface area contributed by atoms with Crippen molar-refractivity contribution in [3.8, 4) is 5.88 Å². The Bertz CT molecular complexity index is 948. The van der Waals surface area contributed by atoms with E-state index in [1.165, 1.54) is 12.1 Å². The first kappa shape index (κ1) is 23.9. The quantitative estimate of drug-likeness (QED) is 0.711. The first-order valence-electron chi connectivity index (χ1n) is 11.0. The highest BCUT2D eigenvalue weighted by molar-refractivity contribution is 5.97. The summed E-state index contributed by atoms with van der Waals surface area (Å²) in [4.78, 5) is 21.6. The SMILES string of the molecule is C/C=C/c1cnc2c(c1)C(=O)N([C@H](C)CO)C[C@H](C)[C@@H](CN(C)Cc1ccc(F)cc1)O2. The van der Waals surface area contributed by atoms with Gasteiger partial charge in [0, 0.05) is 31.7 Å². The summed E-state index contributed by atoms with van der Waals surface area (Å²) in [5.41, 5.74) is 2.23. The zero-order valence-electron chi connectivity index (χ0n) is 19.2. The molecule has 6 nitrogen and oxygen atoms in total. The molecule has 1 amide bonds. The number of hydrogen-bond donors (Lipinski definition) is 1. The molecule has 0 saturated carbocycles. The van der Waals surface area contributed by atoms with E-state index in [0.29, 0.717) is 31.1 Å². The van der Waals surface area contributed by atoms with Gasteiger partial charge in [-0.05, 0) is 50.2 Å². The molecule has 0 fully saturated rings. The number of ether oxygens (including phenoxy) is 1. The molecule has 0 saturated heterocycles. The van der Waals surface area contributed by atoms with Crippen molar-refractivity contribution >= 4 is 12.0 Å². The van der Waals surface area contributed by atoms with Gasteiger partial charge in [-0.3, -0.25) is 9.69 Å². The first-order valence-corrected chi connectivity index (χ1v) is 11.0. The number of nitrogens with zero attached hydrogens (tertiary/aromatic N) is 3. The third-order valence-corrected chi connectivity index (χ3v) is 5.76. The lowest BCUT2D eigenvalue weighted by molar-refractivity contribution is 0.0325. The number of benzene rings is 1. The number of hydrogen-bond acceptors (Lipinski definition) is 5. The van der Waals surface area contributed by atoms with Crippen LogP contribution in [-0.4, -0.2) is 64.7 Å². The Kier molecular flexibility index (Phi) is 7.99. The van der Waals surface area contributed by atoms with Gasteiger partial charge in [0.25, 0.3) is 5.91 Å². The Balaban J connectivity index is 1.88. The van der Waals surface area contributed by atoms with Crippen LogP contribution >= 0.6 is 0 Å². The fourth-order valence-electron chi connectivity index (χ4n) is 3.89. The second-order valence-corrected chi connectivity index (χ2v) is 8.57. The lowest BCUT2D eigenvalue weighted by atomic mass is 9.99. The van der Waals surface area contributed by atoms with E-state index in [-0.39, 0.29) is 36.4 Å². The van der Waals surface area contributed by atoms with Crippen molar-refractivity contribution in [1.29, 1.82) is 0 Å². The van der Waals surface area contributed by atoms with Gasteiger partial charge in [0.1, 0.15) is 17.5 Å². The third kappa shape index (κ3) is 5.72. The summed E-state index contributed by atoms with van der Waals surface area (Å²) in [5, 5.41) is 9.75. The van der Waals surface area contributed by atoms with Gasteiger partial charge in [-0.25, -0.2) is 9.37 Å². The van der Waals surface area contributed by atoms with Crippen LogP contribution in [0.5, 0.6) is 5.88 Å². The second kappa shape index (κ2) is 10.7. The van der Waals surface area contributed by atoms with Gasteiger partial charge in [0.05, 0.1) is 12.6 Å². The Morgan fingerprint density at radius 2 is 2.09 bits per heavy atom. The Morgan fingerprint density at radius 1 is 1.38 bits per heavy atom. The molecule has 0 unspecified atom stereocenters. The fourth-order valence-corrected chi connectivity index (χ4v) is 3.89. The van der Waals surface area contributed by atoms with Crippen molar-refractivity contribution < 1.29 is 19.0 Å². The van der Waals surface area contributed by atoms with Gasteiger partial charge in [0.15, 0.2) is 0 Å². The average Bonchev–Trinajstić information content (AvgIpc) is 2.77. The predicted octanol–water partition coefficient (Wildman–Crippen LogP) is 3.61. The highest BCUT2D eigenvalue weighted by Crippen LogP contribution is 2.28. The topological polar surface area (TPSA) is 65.9 Å². The van der Waals surface area contributed by atoms with E-state index in [9.17, 15) is 14.3 Å². The van der Waals surface area contributed by atoms with Crippen molar-refractivity contribution in [3.05, 3.63) is 65.1 Å². The molecule has 1 aromatic carbocycles. The van der Waals surface area contributed by atoms with E-state index in [1.807, 2.05) is 40.0 Å². The number of amides is 1. The number of fused-ring (bicyclic) bond motifs is 1.